The Hall–Kier alpha value is -2.63. The standard InChI is InChI=1S/C16H14N4O3S/c17-7-10-1-3-11(4-2-10)18-15-12-8-23-9-13(12)19-16(20-15)24-6-5-14(21)22/h1-4H,5-6,8-9H2,(H,21,22)(H,18,19,20). The molecule has 1 aliphatic rings. The van der Waals surface area contributed by atoms with Crippen molar-refractivity contribution < 1.29 is 14.6 Å². The van der Waals surface area contributed by atoms with Crippen LogP contribution in [0.15, 0.2) is 29.4 Å². The first-order chi connectivity index (χ1) is 11.7. The summed E-state index contributed by atoms with van der Waals surface area (Å²) in [6, 6.07) is 9.14. The van der Waals surface area contributed by atoms with Crippen LogP contribution in [0.4, 0.5) is 11.5 Å². The predicted molar refractivity (Wildman–Crippen MR) is 87.9 cm³/mol. The molecule has 0 saturated heterocycles. The highest BCUT2D eigenvalue weighted by Gasteiger charge is 2.20. The Labute approximate surface area is 142 Å². The minimum absolute atomic E-state index is 0.0556. The van der Waals surface area contributed by atoms with Crippen LogP contribution in [0, 0.1) is 11.3 Å². The fourth-order valence-corrected chi connectivity index (χ4v) is 2.98. The number of anilines is 2. The number of carboxylic acids is 1. The highest BCUT2D eigenvalue weighted by atomic mass is 32.2. The second kappa shape index (κ2) is 7.29. The van der Waals surface area contributed by atoms with Crippen LogP contribution in [-0.2, 0) is 22.7 Å². The number of hydrogen-bond acceptors (Lipinski definition) is 7. The van der Waals surface area contributed by atoms with Gasteiger partial charge in [-0.05, 0) is 24.3 Å². The van der Waals surface area contributed by atoms with Crippen molar-refractivity contribution in [2.45, 2.75) is 24.8 Å². The molecule has 0 bridgehead atoms. The largest absolute Gasteiger partial charge is 0.481 e. The SMILES string of the molecule is N#Cc1ccc(Nc2nc(SCCC(=O)O)nc3c2COC3)cc1. The Kier molecular flexibility index (Phi) is 4.93. The first-order valence-electron chi connectivity index (χ1n) is 7.25. The normalized spacial score (nSPS) is 12.5. The quantitative estimate of drug-likeness (QED) is 0.609. The lowest BCUT2D eigenvalue weighted by atomic mass is 10.2. The van der Waals surface area contributed by atoms with Crippen LogP contribution in [0.1, 0.15) is 23.2 Å². The number of rotatable bonds is 6. The van der Waals surface area contributed by atoms with Crippen LogP contribution in [0.25, 0.3) is 0 Å². The van der Waals surface area contributed by atoms with Gasteiger partial charge in [-0.2, -0.15) is 5.26 Å². The molecule has 122 valence electrons. The van der Waals surface area contributed by atoms with Crippen LogP contribution < -0.4 is 5.32 Å². The van der Waals surface area contributed by atoms with Crippen LogP contribution in [0.2, 0.25) is 0 Å². The van der Waals surface area contributed by atoms with Crippen molar-refractivity contribution in [3.63, 3.8) is 0 Å². The zero-order chi connectivity index (χ0) is 16.9. The molecule has 0 aliphatic carbocycles. The summed E-state index contributed by atoms with van der Waals surface area (Å²) < 4.78 is 5.44. The third kappa shape index (κ3) is 3.82. The number of benzene rings is 1. The molecule has 0 radical (unpaired) electrons. The monoisotopic (exact) mass is 342 g/mol. The van der Waals surface area contributed by atoms with Gasteiger partial charge in [0.05, 0.1) is 37.0 Å². The summed E-state index contributed by atoms with van der Waals surface area (Å²) in [5.41, 5.74) is 3.12. The number of ether oxygens (including phenoxy) is 1. The second-order valence-corrected chi connectivity index (χ2v) is 6.14. The van der Waals surface area contributed by atoms with Gasteiger partial charge in [-0.25, -0.2) is 9.97 Å². The van der Waals surface area contributed by atoms with E-state index in [1.54, 1.807) is 24.3 Å². The number of carbonyl (C=O) groups is 1. The van der Waals surface area contributed by atoms with Gasteiger partial charge in [-0.15, -0.1) is 0 Å². The molecule has 24 heavy (non-hydrogen) atoms. The molecule has 1 aromatic carbocycles. The van der Waals surface area contributed by atoms with Crippen molar-refractivity contribution in [1.29, 1.82) is 5.26 Å². The summed E-state index contributed by atoms with van der Waals surface area (Å²) in [5.74, 6) is 0.216. The molecule has 2 heterocycles. The van der Waals surface area contributed by atoms with Crippen molar-refractivity contribution in [1.82, 2.24) is 9.97 Å². The number of fused-ring (bicyclic) bond motifs is 1. The van der Waals surface area contributed by atoms with E-state index < -0.39 is 5.97 Å². The molecule has 0 spiro atoms. The molecular weight excluding hydrogens is 328 g/mol. The number of nitrogens with one attached hydrogen (secondary N) is 1. The molecule has 3 rings (SSSR count). The van der Waals surface area contributed by atoms with Crippen LogP contribution in [-0.4, -0.2) is 26.8 Å². The van der Waals surface area contributed by atoms with E-state index in [0.29, 0.717) is 35.5 Å². The molecule has 1 aliphatic heterocycles. The van der Waals surface area contributed by atoms with E-state index >= 15 is 0 Å². The Morgan fingerprint density at radius 3 is 2.83 bits per heavy atom. The molecular formula is C16H14N4O3S. The fraction of sp³-hybridized carbons (Fsp3) is 0.250. The van der Waals surface area contributed by atoms with Gasteiger partial charge in [0.2, 0.25) is 0 Å². The predicted octanol–water partition coefficient (Wildman–Crippen LogP) is 2.69. The van der Waals surface area contributed by atoms with Crippen molar-refractivity contribution >= 4 is 29.2 Å². The van der Waals surface area contributed by atoms with Crippen LogP contribution in [0.3, 0.4) is 0 Å². The van der Waals surface area contributed by atoms with E-state index in [-0.39, 0.29) is 6.42 Å². The average Bonchev–Trinajstić information content (AvgIpc) is 3.04. The Balaban J connectivity index is 1.81. The Bertz CT molecular complexity index is 802. The number of nitriles is 1. The molecule has 0 saturated carbocycles. The second-order valence-electron chi connectivity index (χ2n) is 5.08. The summed E-state index contributed by atoms with van der Waals surface area (Å²) in [5, 5.41) is 21.3. The zero-order valence-corrected chi connectivity index (χ0v) is 13.5. The van der Waals surface area contributed by atoms with Crippen LogP contribution in [0.5, 0.6) is 0 Å². The average molecular weight is 342 g/mol. The maximum Gasteiger partial charge on any atom is 0.304 e. The maximum atomic E-state index is 10.6. The molecule has 1 aromatic heterocycles. The van der Waals surface area contributed by atoms with Gasteiger partial charge in [0.15, 0.2) is 5.16 Å². The van der Waals surface area contributed by atoms with Crippen molar-refractivity contribution in [2.24, 2.45) is 0 Å². The Morgan fingerprint density at radius 1 is 1.33 bits per heavy atom. The fourth-order valence-electron chi connectivity index (χ4n) is 2.19. The van der Waals surface area contributed by atoms with Crippen molar-refractivity contribution in [3.05, 3.63) is 41.1 Å². The van der Waals surface area contributed by atoms with Gasteiger partial charge in [0.1, 0.15) is 5.82 Å². The smallest absolute Gasteiger partial charge is 0.304 e. The first kappa shape index (κ1) is 16.2. The van der Waals surface area contributed by atoms with E-state index in [0.717, 1.165) is 16.9 Å². The van der Waals surface area contributed by atoms with Gasteiger partial charge < -0.3 is 15.2 Å². The lowest BCUT2D eigenvalue weighted by Gasteiger charge is -2.11. The van der Waals surface area contributed by atoms with Gasteiger partial charge >= 0.3 is 5.97 Å². The molecule has 2 aromatic rings. The van der Waals surface area contributed by atoms with Gasteiger partial charge in [-0.1, -0.05) is 11.8 Å². The summed E-state index contributed by atoms with van der Waals surface area (Å²) >= 11 is 1.30. The van der Waals surface area contributed by atoms with Gasteiger partial charge in [0.25, 0.3) is 0 Å². The molecule has 0 fully saturated rings. The molecule has 0 atom stereocenters. The lowest BCUT2D eigenvalue weighted by molar-refractivity contribution is -0.136. The molecule has 2 N–H and O–H groups in total. The topological polar surface area (TPSA) is 108 Å². The summed E-state index contributed by atoms with van der Waals surface area (Å²) in [4.78, 5) is 19.5. The van der Waals surface area contributed by atoms with E-state index in [4.69, 9.17) is 15.1 Å². The van der Waals surface area contributed by atoms with E-state index in [1.165, 1.54) is 11.8 Å². The maximum absolute atomic E-state index is 10.6. The number of carboxylic acid groups (broad SMARTS) is 1. The number of thioether (sulfide) groups is 1. The molecule has 0 amide bonds. The van der Waals surface area contributed by atoms with Gasteiger partial charge in [0, 0.05) is 17.0 Å². The number of aliphatic carboxylic acids is 1. The summed E-state index contributed by atoms with van der Waals surface area (Å²) in [6.45, 7) is 0.862. The van der Waals surface area contributed by atoms with Gasteiger partial charge in [-0.3, -0.25) is 4.79 Å². The number of nitrogens with zero attached hydrogens (tertiary/aromatic N) is 3. The summed E-state index contributed by atoms with van der Waals surface area (Å²) in [6.07, 6.45) is 0.0556. The molecule has 7 nitrogen and oxygen atoms in total. The highest BCUT2D eigenvalue weighted by Crippen LogP contribution is 2.29. The third-order valence-corrected chi connectivity index (χ3v) is 4.23. The first-order valence-corrected chi connectivity index (χ1v) is 8.23. The third-order valence-electron chi connectivity index (χ3n) is 3.38. The molecule has 8 heteroatoms. The Morgan fingerprint density at radius 2 is 2.12 bits per heavy atom. The van der Waals surface area contributed by atoms with E-state index in [2.05, 4.69) is 21.4 Å². The zero-order valence-electron chi connectivity index (χ0n) is 12.7. The van der Waals surface area contributed by atoms with Crippen molar-refractivity contribution in [3.8, 4) is 6.07 Å². The number of hydrogen-bond donors (Lipinski definition) is 2. The lowest BCUT2D eigenvalue weighted by Crippen LogP contribution is -2.04. The van der Waals surface area contributed by atoms with Crippen molar-refractivity contribution in [2.75, 3.05) is 11.1 Å². The van der Waals surface area contributed by atoms with E-state index in [1.807, 2.05) is 0 Å². The minimum Gasteiger partial charge on any atom is -0.481 e. The summed E-state index contributed by atoms with van der Waals surface area (Å²) in [7, 11) is 0. The molecule has 0 unspecified atom stereocenters. The minimum atomic E-state index is -0.845. The highest BCUT2D eigenvalue weighted by molar-refractivity contribution is 7.99. The van der Waals surface area contributed by atoms with E-state index in [9.17, 15) is 4.79 Å². The number of aromatic nitrogens is 2. The van der Waals surface area contributed by atoms with Crippen LogP contribution >= 0.6 is 11.8 Å².